The fraction of sp³-hybridized carbons (Fsp3) is 0.667. The molecule has 0 bridgehead atoms. The first kappa shape index (κ1) is 33.4. The van der Waals surface area contributed by atoms with Crippen molar-refractivity contribution in [1.82, 2.24) is 5.32 Å². The SMILES string of the molecule is CC(C)(C)OP(=O)(OCCNC(=O)c1cc([N+](=O)[O-])cc([N+](=O)[O-])c1N(CCBr)CCBr)OC(C)(C)C. The molecule has 0 aliphatic heterocycles. The molecule has 0 heterocycles. The van der Waals surface area contributed by atoms with E-state index < -0.39 is 46.2 Å². The quantitative estimate of drug-likeness (QED) is 0.0865. The highest BCUT2D eigenvalue weighted by atomic mass is 79.9. The van der Waals surface area contributed by atoms with Crippen LogP contribution in [0.25, 0.3) is 0 Å². The molecule has 0 aromatic heterocycles. The number of carbonyl (C=O) groups excluding carboxylic acids is 1. The van der Waals surface area contributed by atoms with E-state index in [1.807, 2.05) is 0 Å². The Balaban J connectivity index is 3.26. The lowest BCUT2D eigenvalue weighted by Crippen LogP contribution is -2.33. The Morgan fingerprint density at radius 1 is 1.00 bits per heavy atom. The van der Waals surface area contributed by atoms with E-state index >= 15 is 0 Å². The molecule has 210 valence electrons. The molecule has 16 heteroatoms. The molecule has 0 unspecified atom stereocenters. The highest BCUT2D eigenvalue weighted by molar-refractivity contribution is 9.09. The Morgan fingerprint density at radius 2 is 1.51 bits per heavy atom. The van der Waals surface area contributed by atoms with Crippen LogP contribution in [0, 0.1) is 20.2 Å². The number of carbonyl (C=O) groups is 1. The number of alkyl halides is 2. The lowest BCUT2D eigenvalue weighted by Gasteiger charge is -2.30. The van der Waals surface area contributed by atoms with Crippen LogP contribution >= 0.6 is 39.7 Å². The number of hydrogen-bond donors (Lipinski definition) is 1. The molecule has 0 saturated carbocycles. The van der Waals surface area contributed by atoms with Crippen molar-refractivity contribution in [3.05, 3.63) is 37.9 Å². The summed E-state index contributed by atoms with van der Waals surface area (Å²) in [5.74, 6) is -0.803. The van der Waals surface area contributed by atoms with E-state index in [4.69, 9.17) is 13.6 Å². The van der Waals surface area contributed by atoms with Gasteiger partial charge in [0.05, 0.1) is 39.3 Å². The smallest absolute Gasteiger partial charge is 0.364 e. The lowest BCUT2D eigenvalue weighted by atomic mass is 10.1. The van der Waals surface area contributed by atoms with E-state index in [-0.39, 0.29) is 24.4 Å². The molecule has 0 aliphatic carbocycles. The molecule has 37 heavy (non-hydrogen) atoms. The van der Waals surface area contributed by atoms with E-state index in [9.17, 15) is 29.6 Å². The molecule has 0 fully saturated rings. The van der Waals surface area contributed by atoms with Gasteiger partial charge in [0, 0.05) is 36.4 Å². The number of nitrogens with zero attached hydrogens (tertiary/aromatic N) is 3. The molecule has 1 aromatic rings. The lowest BCUT2D eigenvalue weighted by molar-refractivity contribution is -0.393. The first-order chi connectivity index (χ1) is 16.9. The van der Waals surface area contributed by atoms with Gasteiger partial charge >= 0.3 is 7.82 Å². The van der Waals surface area contributed by atoms with Crippen LogP contribution in [0.4, 0.5) is 17.1 Å². The highest BCUT2D eigenvalue weighted by Gasteiger charge is 2.37. The number of benzene rings is 1. The summed E-state index contributed by atoms with van der Waals surface area (Å²) < 4.78 is 29.6. The average molecular weight is 676 g/mol. The summed E-state index contributed by atoms with van der Waals surface area (Å²) in [6.45, 7) is 10.2. The summed E-state index contributed by atoms with van der Waals surface area (Å²) in [5.41, 5.74) is -3.17. The minimum Gasteiger partial charge on any atom is -0.364 e. The van der Waals surface area contributed by atoms with Gasteiger partial charge in [0.1, 0.15) is 5.69 Å². The van der Waals surface area contributed by atoms with Crippen molar-refractivity contribution >= 4 is 62.7 Å². The summed E-state index contributed by atoms with van der Waals surface area (Å²) in [4.78, 5) is 36.4. The van der Waals surface area contributed by atoms with Gasteiger partial charge in [0.25, 0.3) is 17.3 Å². The van der Waals surface area contributed by atoms with Gasteiger partial charge in [-0.25, -0.2) is 4.57 Å². The maximum Gasteiger partial charge on any atom is 0.475 e. The number of halogens is 2. The third-order valence-electron chi connectivity index (χ3n) is 4.16. The molecule has 1 amide bonds. The number of phosphoric acid groups is 1. The monoisotopic (exact) mass is 674 g/mol. The van der Waals surface area contributed by atoms with Gasteiger partial charge in [-0.2, -0.15) is 0 Å². The Labute approximate surface area is 232 Å². The van der Waals surface area contributed by atoms with Crippen LogP contribution in [-0.4, -0.2) is 63.9 Å². The Morgan fingerprint density at radius 3 is 1.92 bits per heavy atom. The topological polar surface area (TPSA) is 163 Å². The van der Waals surface area contributed by atoms with E-state index in [0.29, 0.717) is 23.7 Å². The highest BCUT2D eigenvalue weighted by Crippen LogP contribution is 2.55. The largest absolute Gasteiger partial charge is 0.475 e. The predicted molar refractivity (Wildman–Crippen MR) is 147 cm³/mol. The first-order valence-electron chi connectivity index (χ1n) is 11.2. The number of nitro benzene ring substituents is 2. The second-order valence-electron chi connectivity index (χ2n) is 9.68. The molecule has 0 aliphatic rings. The second kappa shape index (κ2) is 13.9. The fourth-order valence-corrected chi connectivity index (χ4v) is 5.71. The van der Waals surface area contributed by atoms with Crippen molar-refractivity contribution in [2.45, 2.75) is 52.7 Å². The number of amides is 1. The van der Waals surface area contributed by atoms with Gasteiger partial charge < -0.3 is 10.2 Å². The summed E-state index contributed by atoms with van der Waals surface area (Å²) >= 11 is 6.57. The van der Waals surface area contributed by atoms with Gasteiger partial charge in [0.2, 0.25) is 0 Å². The van der Waals surface area contributed by atoms with Crippen molar-refractivity contribution in [3.8, 4) is 0 Å². The number of anilines is 1. The zero-order valence-corrected chi connectivity index (χ0v) is 25.7. The molecule has 0 spiro atoms. The van der Waals surface area contributed by atoms with E-state index in [2.05, 4.69) is 37.2 Å². The molecule has 0 saturated heterocycles. The number of nitrogens with one attached hydrogen (secondary N) is 1. The van der Waals surface area contributed by atoms with E-state index in [1.165, 1.54) is 0 Å². The van der Waals surface area contributed by atoms with Crippen molar-refractivity contribution in [2.24, 2.45) is 0 Å². The Kier molecular flexibility index (Phi) is 12.6. The van der Waals surface area contributed by atoms with Gasteiger partial charge in [-0.1, -0.05) is 31.9 Å². The Hall–Kier alpha value is -1.64. The third kappa shape index (κ3) is 11.3. The summed E-state index contributed by atoms with van der Waals surface area (Å²) in [6, 6.07) is 1.82. The number of rotatable bonds is 14. The zero-order chi connectivity index (χ0) is 28.6. The van der Waals surface area contributed by atoms with Gasteiger partial charge in [-0.05, 0) is 41.5 Å². The average Bonchev–Trinajstić information content (AvgIpc) is 2.72. The Bertz CT molecular complexity index is 1000. The molecule has 0 atom stereocenters. The van der Waals surface area contributed by atoms with Crippen LogP contribution in [0.2, 0.25) is 0 Å². The van der Waals surface area contributed by atoms with Gasteiger partial charge in [-0.3, -0.25) is 38.6 Å². The standard InChI is InChI=1S/C21H33Br2N4O9P/c1-20(2,3)35-37(33,36-21(4,5)6)34-12-9-24-19(28)16-13-15(26(29)30)14-17(27(31)32)18(16)25(10-7-22)11-8-23/h13-14H,7-12H2,1-6H3,(H,24,28). The van der Waals surface area contributed by atoms with Crippen molar-refractivity contribution in [1.29, 1.82) is 0 Å². The minimum atomic E-state index is -4.03. The van der Waals surface area contributed by atoms with Crippen molar-refractivity contribution < 1.29 is 32.8 Å². The molecule has 0 radical (unpaired) electrons. The van der Waals surface area contributed by atoms with Crippen LogP contribution in [-0.2, 0) is 18.1 Å². The molecule has 1 N–H and O–H groups in total. The zero-order valence-electron chi connectivity index (χ0n) is 21.6. The van der Waals surface area contributed by atoms with Gasteiger partial charge in [0.15, 0.2) is 0 Å². The third-order valence-corrected chi connectivity index (χ3v) is 6.91. The first-order valence-corrected chi connectivity index (χ1v) is 14.9. The van der Waals surface area contributed by atoms with Crippen LogP contribution in [0.5, 0.6) is 0 Å². The molecule has 1 aromatic carbocycles. The molecule has 13 nitrogen and oxygen atoms in total. The number of hydrogen-bond acceptors (Lipinski definition) is 10. The van der Waals surface area contributed by atoms with Gasteiger partial charge in [-0.15, -0.1) is 0 Å². The number of non-ortho nitro benzene ring substituents is 1. The van der Waals surface area contributed by atoms with E-state index in [1.54, 1.807) is 46.4 Å². The number of nitro groups is 2. The number of phosphoric ester groups is 1. The van der Waals surface area contributed by atoms with Crippen LogP contribution in [0.15, 0.2) is 12.1 Å². The van der Waals surface area contributed by atoms with Crippen LogP contribution in [0.1, 0.15) is 51.9 Å². The normalized spacial score (nSPS) is 12.3. The summed E-state index contributed by atoms with van der Waals surface area (Å²) in [7, 11) is -4.03. The van der Waals surface area contributed by atoms with Crippen molar-refractivity contribution in [3.63, 3.8) is 0 Å². The molecular weight excluding hydrogens is 643 g/mol. The van der Waals surface area contributed by atoms with Crippen LogP contribution < -0.4 is 10.2 Å². The fourth-order valence-electron chi connectivity index (χ4n) is 3.05. The molecular formula is C21H33Br2N4O9P. The maximum atomic E-state index is 13.1. The second-order valence-corrected chi connectivity index (χ2v) is 12.8. The van der Waals surface area contributed by atoms with Crippen LogP contribution in [0.3, 0.4) is 0 Å². The summed E-state index contributed by atoms with van der Waals surface area (Å²) in [6.07, 6.45) is 0. The summed E-state index contributed by atoms with van der Waals surface area (Å²) in [5, 5.41) is 26.6. The predicted octanol–water partition coefficient (Wildman–Crippen LogP) is 5.58. The minimum absolute atomic E-state index is 0.0503. The van der Waals surface area contributed by atoms with E-state index in [0.717, 1.165) is 12.1 Å². The maximum absolute atomic E-state index is 13.1. The molecule has 1 rings (SSSR count). The van der Waals surface area contributed by atoms with Crippen molar-refractivity contribution in [2.75, 3.05) is 41.8 Å².